The van der Waals surface area contributed by atoms with Crippen LogP contribution in [0, 0.1) is 0 Å². The van der Waals surface area contributed by atoms with Crippen LogP contribution in [0.3, 0.4) is 0 Å². The van der Waals surface area contributed by atoms with Gasteiger partial charge in [0.15, 0.2) is 0 Å². The number of nitrogens with zero attached hydrogens (tertiary/aromatic N) is 4. The molecule has 8 nitrogen and oxygen atoms in total. The summed E-state index contributed by atoms with van der Waals surface area (Å²) in [6.45, 7) is 9.32. The maximum atomic E-state index is 13.4. The molecule has 0 saturated carbocycles. The van der Waals surface area contributed by atoms with Crippen LogP contribution in [0.1, 0.15) is 58.2 Å². The van der Waals surface area contributed by atoms with E-state index in [1.54, 1.807) is 11.6 Å². The van der Waals surface area contributed by atoms with Crippen molar-refractivity contribution in [3.05, 3.63) is 17.5 Å². The summed E-state index contributed by atoms with van der Waals surface area (Å²) in [5.74, 6) is 0.0661. The minimum absolute atomic E-state index is 0.00676. The van der Waals surface area contributed by atoms with Crippen LogP contribution in [0.5, 0.6) is 5.88 Å². The molecule has 3 rings (SSSR count). The number of aliphatic hydroxyl groups is 1. The Bertz CT molecular complexity index is 910. The Kier molecular flexibility index (Phi) is 5.85. The van der Waals surface area contributed by atoms with Gasteiger partial charge in [0.1, 0.15) is 17.1 Å². The van der Waals surface area contributed by atoms with Crippen molar-refractivity contribution < 1.29 is 23.0 Å². The van der Waals surface area contributed by atoms with Gasteiger partial charge in [0.05, 0.1) is 24.4 Å². The molecule has 0 amide bonds. The zero-order valence-corrected chi connectivity index (χ0v) is 17.6. The van der Waals surface area contributed by atoms with Crippen LogP contribution in [0.15, 0.2) is 6.20 Å². The number of alkyl halides is 3. The summed E-state index contributed by atoms with van der Waals surface area (Å²) in [6, 6.07) is -0.331. The van der Waals surface area contributed by atoms with E-state index in [9.17, 15) is 18.3 Å². The molecule has 0 aliphatic carbocycles. The fraction of sp³-hybridized carbons (Fsp3) is 0.632. The van der Waals surface area contributed by atoms with Crippen LogP contribution in [0.25, 0.3) is 0 Å². The van der Waals surface area contributed by atoms with Crippen molar-refractivity contribution in [3.63, 3.8) is 0 Å². The van der Waals surface area contributed by atoms with E-state index in [1.807, 2.05) is 27.7 Å². The Hall–Kier alpha value is -2.56. The molecule has 2 aromatic heterocycles. The van der Waals surface area contributed by atoms with Crippen molar-refractivity contribution in [2.24, 2.45) is 0 Å². The molecule has 2 aromatic rings. The second-order valence-electron chi connectivity index (χ2n) is 8.36. The smallest absolute Gasteiger partial charge is 0.421 e. The third-order valence-corrected chi connectivity index (χ3v) is 4.88. The predicted octanol–water partition coefficient (Wildman–Crippen LogP) is 3.87. The number of halogens is 3. The summed E-state index contributed by atoms with van der Waals surface area (Å²) in [5.41, 5.74) is -0.570. The second kappa shape index (κ2) is 7.93. The molecule has 0 fully saturated rings. The van der Waals surface area contributed by atoms with E-state index in [-0.39, 0.29) is 36.9 Å². The van der Waals surface area contributed by atoms with E-state index in [1.165, 1.54) is 0 Å². The Balaban J connectivity index is 2.18. The lowest BCUT2D eigenvalue weighted by Gasteiger charge is -2.25. The minimum Gasteiger partial charge on any atom is -0.476 e. The molecule has 1 aliphatic rings. The molecule has 0 radical (unpaired) electrons. The molecule has 0 spiro atoms. The molecule has 3 heterocycles. The van der Waals surface area contributed by atoms with Crippen LogP contribution >= 0.6 is 0 Å². The monoisotopic (exact) mass is 428 g/mol. The van der Waals surface area contributed by atoms with Gasteiger partial charge in [-0.25, -0.2) is 9.67 Å². The average molecular weight is 428 g/mol. The number of aliphatic hydroxyl groups excluding tert-OH is 1. The highest BCUT2D eigenvalue weighted by Crippen LogP contribution is 2.40. The Morgan fingerprint density at radius 1 is 1.33 bits per heavy atom. The molecule has 11 heteroatoms. The van der Waals surface area contributed by atoms with Crippen molar-refractivity contribution in [1.82, 2.24) is 19.7 Å². The van der Waals surface area contributed by atoms with Crippen LogP contribution in [0.4, 0.5) is 30.6 Å². The fourth-order valence-corrected chi connectivity index (χ4v) is 3.06. The second-order valence-corrected chi connectivity index (χ2v) is 8.36. The SMILES string of the molecule is CC(C)c1nn(C(C)(C)CO)c2c1Nc1ncc(C(F)(F)F)c(n1)N[C@H](C)CCO2. The van der Waals surface area contributed by atoms with Gasteiger partial charge in [-0.2, -0.15) is 23.3 Å². The van der Waals surface area contributed by atoms with E-state index in [0.717, 1.165) is 6.20 Å². The van der Waals surface area contributed by atoms with Gasteiger partial charge in [-0.1, -0.05) is 13.8 Å². The molecule has 0 unspecified atom stereocenters. The summed E-state index contributed by atoms with van der Waals surface area (Å²) in [5, 5.41) is 20.3. The third-order valence-electron chi connectivity index (χ3n) is 4.88. The molecule has 2 bridgehead atoms. The number of aromatic nitrogens is 4. The zero-order chi connectivity index (χ0) is 22.3. The molecule has 1 aliphatic heterocycles. The predicted molar refractivity (Wildman–Crippen MR) is 106 cm³/mol. The van der Waals surface area contributed by atoms with Crippen molar-refractivity contribution in [2.75, 3.05) is 23.8 Å². The summed E-state index contributed by atoms with van der Waals surface area (Å²) < 4.78 is 47.8. The lowest BCUT2D eigenvalue weighted by molar-refractivity contribution is -0.137. The molecule has 0 aromatic carbocycles. The summed E-state index contributed by atoms with van der Waals surface area (Å²) in [7, 11) is 0. The molecule has 3 N–H and O–H groups in total. The summed E-state index contributed by atoms with van der Waals surface area (Å²) >= 11 is 0. The van der Waals surface area contributed by atoms with Gasteiger partial charge in [0.2, 0.25) is 11.8 Å². The summed E-state index contributed by atoms with van der Waals surface area (Å²) in [6.07, 6.45) is -3.39. The number of ether oxygens (including phenoxy) is 1. The highest BCUT2D eigenvalue weighted by Gasteiger charge is 2.36. The molecule has 0 saturated heterocycles. The number of hydrogen-bond donors (Lipinski definition) is 3. The van der Waals surface area contributed by atoms with Crippen LogP contribution < -0.4 is 15.4 Å². The van der Waals surface area contributed by atoms with Gasteiger partial charge in [-0.15, -0.1) is 0 Å². The first-order chi connectivity index (χ1) is 13.9. The van der Waals surface area contributed by atoms with Crippen LogP contribution in [-0.4, -0.2) is 44.1 Å². The van der Waals surface area contributed by atoms with E-state index in [4.69, 9.17) is 4.74 Å². The van der Waals surface area contributed by atoms with Gasteiger partial charge >= 0.3 is 6.18 Å². The van der Waals surface area contributed by atoms with E-state index < -0.39 is 17.3 Å². The Morgan fingerprint density at radius 2 is 2.03 bits per heavy atom. The number of anilines is 3. The lowest BCUT2D eigenvalue weighted by Crippen LogP contribution is -2.32. The normalized spacial score (nSPS) is 17.5. The number of rotatable bonds is 3. The summed E-state index contributed by atoms with van der Waals surface area (Å²) in [4.78, 5) is 7.96. The minimum atomic E-state index is -4.58. The molecule has 30 heavy (non-hydrogen) atoms. The topological polar surface area (TPSA) is 97.1 Å². The number of hydrogen-bond acceptors (Lipinski definition) is 7. The Morgan fingerprint density at radius 3 is 2.63 bits per heavy atom. The Labute approximate surface area is 172 Å². The van der Waals surface area contributed by atoms with Gasteiger partial charge < -0.3 is 20.5 Å². The largest absolute Gasteiger partial charge is 0.476 e. The van der Waals surface area contributed by atoms with Gasteiger partial charge in [0, 0.05) is 18.7 Å². The van der Waals surface area contributed by atoms with Crippen molar-refractivity contribution in [2.45, 2.75) is 64.7 Å². The zero-order valence-electron chi connectivity index (χ0n) is 17.6. The molecule has 1 atom stereocenters. The quantitative estimate of drug-likeness (QED) is 0.683. The van der Waals surface area contributed by atoms with Crippen molar-refractivity contribution in [3.8, 4) is 5.88 Å². The first-order valence-electron chi connectivity index (χ1n) is 9.79. The highest BCUT2D eigenvalue weighted by molar-refractivity contribution is 5.66. The lowest BCUT2D eigenvalue weighted by atomic mass is 10.1. The van der Waals surface area contributed by atoms with Crippen molar-refractivity contribution >= 4 is 17.5 Å². The molecule has 166 valence electrons. The standard InChI is InChI=1S/C19H27F3N6O2/c1-10(2)13-14-16(28(27-13)18(4,5)9-29)30-7-6-11(3)24-15-12(19(20,21)22)8-23-17(25-14)26-15/h8,10-11,29H,6-7,9H2,1-5H3,(H2,23,24,25,26)/t11-/m1/s1. The number of nitrogens with one attached hydrogen (secondary N) is 2. The molecular formula is C19H27F3N6O2. The fourth-order valence-electron chi connectivity index (χ4n) is 3.06. The maximum absolute atomic E-state index is 13.4. The van der Waals surface area contributed by atoms with Crippen molar-refractivity contribution in [1.29, 1.82) is 0 Å². The first-order valence-corrected chi connectivity index (χ1v) is 9.79. The molecular weight excluding hydrogens is 401 g/mol. The maximum Gasteiger partial charge on any atom is 0.421 e. The third kappa shape index (κ3) is 4.30. The van der Waals surface area contributed by atoms with Crippen LogP contribution in [-0.2, 0) is 11.7 Å². The van der Waals surface area contributed by atoms with E-state index >= 15 is 0 Å². The van der Waals surface area contributed by atoms with Gasteiger partial charge in [-0.05, 0) is 26.7 Å². The van der Waals surface area contributed by atoms with E-state index in [2.05, 4.69) is 25.7 Å². The van der Waals surface area contributed by atoms with Crippen LogP contribution in [0.2, 0.25) is 0 Å². The highest BCUT2D eigenvalue weighted by atomic mass is 19.4. The van der Waals surface area contributed by atoms with E-state index in [0.29, 0.717) is 23.7 Å². The average Bonchev–Trinajstić information content (AvgIpc) is 2.99. The number of fused-ring (bicyclic) bond motifs is 3. The van der Waals surface area contributed by atoms with Gasteiger partial charge in [-0.3, -0.25) is 0 Å². The first kappa shape index (κ1) is 22.1. The van der Waals surface area contributed by atoms with Gasteiger partial charge in [0.25, 0.3) is 0 Å².